The number of aliphatic hydroxyl groups is 1. The van der Waals surface area contributed by atoms with E-state index in [1.54, 1.807) is 7.11 Å². The summed E-state index contributed by atoms with van der Waals surface area (Å²) in [5.74, 6) is 0.640. The zero-order valence-electron chi connectivity index (χ0n) is 11.7. The first kappa shape index (κ1) is 13.8. The largest absolute Gasteiger partial charge is 0.450 e. The van der Waals surface area contributed by atoms with Crippen molar-refractivity contribution in [2.24, 2.45) is 0 Å². The minimum atomic E-state index is -0.490. The van der Waals surface area contributed by atoms with Crippen molar-refractivity contribution in [2.75, 3.05) is 25.6 Å². The number of anilines is 1. The van der Waals surface area contributed by atoms with Crippen LogP contribution in [0.5, 0.6) is 0 Å². The number of nitrogens with one attached hydrogen (secondary N) is 1. The summed E-state index contributed by atoms with van der Waals surface area (Å²) in [6.07, 6.45) is 1.59. The van der Waals surface area contributed by atoms with Crippen LogP contribution in [-0.2, 0) is 4.74 Å². The van der Waals surface area contributed by atoms with Crippen LogP contribution in [0.3, 0.4) is 0 Å². The Morgan fingerprint density at radius 2 is 2.19 bits per heavy atom. The number of aliphatic hydroxyl groups excluding tert-OH is 1. The highest BCUT2D eigenvalue weighted by atomic mass is 16.5. The number of methoxy groups -OCH3 is 1. The highest BCUT2D eigenvalue weighted by Crippen LogP contribution is 2.30. The van der Waals surface area contributed by atoms with Crippen molar-refractivity contribution in [1.29, 1.82) is 0 Å². The molecule has 110 valence electrons. The van der Waals surface area contributed by atoms with E-state index in [2.05, 4.69) is 15.3 Å². The van der Waals surface area contributed by atoms with Crippen molar-refractivity contribution >= 4 is 27.9 Å². The van der Waals surface area contributed by atoms with E-state index in [0.717, 1.165) is 16.5 Å². The molecule has 6 nitrogen and oxygen atoms in total. The second kappa shape index (κ2) is 6.07. The van der Waals surface area contributed by atoms with Gasteiger partial charge < -0.3 is 19.6 Å². The standard InChI is InChI=1S/C15H17N3O3/c1-20-8-10(19)6-7-16-15-14-13(17-9-18-15)11-4-2-3-5-12(11)21-14/h2-5,9-10,19H,6-8H2,1H3,(H,16,17,18). The lowest BCUT2D eigenvalue weighted by atomic mass is 10.2. The third kappa shape index (κ3) is 2.81. The molecule has 0 bridgehead atoms. The maximum absolute atomic E-state index is 9.63. The lowest BCUT2D eigenvalue weighted by molar-refractivity contribution is 0.0615. The maximum Gasteiger partial charge on any atom is 0.196 e. The second-order valence-electron chi connectivity index (χ2n) is 4.82. The first-order chi connectivity index (χ1) is 10.3. The molecule has 0 spiro atoms. The number of fused-ring (bicyclic) bond motifs is 3. The fraction of sp³-hybridized carbons (Fsp3) is 0.333. The van der Waals surface area contributed by atoms with Gasteiger partial charge in [0.25, 0.3) is 0 Å². The number of furan rings is 1. The van der Waals surface area contributed by atoms with Gasteiger partial charge in [0.05, 0.1) is 12.7 Å². The van der Waals surface area contributed by atoms with E-state index in [1.807, 2.05) is 24.3 Å². The quantitative estimate of drug-likeness (QED) is 0.723. The molecule has 1 unspecified atom stereocenters. The molecule has 0 aliphatic carbocycles. The topological polar surface area (TPSA) is 80.4 Å². The summed E-state index contributed by atoms with van der Waals surface area (Å²) in [6, 6.07) is 7.75. The third-order valence-electron chi connectivity index (χ3n) is 3.29. The van der Waals surface area contributed by atoms with E-state index in [-0.39, 0.29) is 0 Å². The van der Waals surface area contributed by atoms with Gasteiger partial charge in [0.15, 0.2) is 11.4 Å². The van der Waals surface area contributed by atoms with E-state index in [9.17, 15) is 5.11 Å². The van der Waals surface area contributed by atoms with Crippen molar-refractivity contribution in [3.63, 3.8) is 0 Å². The molecule has 0 radical (unpaired) electrons. The van der Waals surface area contributed by atoms with Gasteiger partial charge in [-0.3, -0.25) is 0 Å². The van der Waals surface area contributed by atoms with Gasteiger partial charge in [0.1, 0.15) is 17.4 Å². The van der Waals surface area contributed by atoms with Gasteiger partial charge in [0.2, 0.25) is 0 Å². The number of para-hydroxylation sites is 1. The van der Waals surface area contributed by atoms with Gasteiger partial charge in [-0.2, -0.15) is 0 Å². The van der Waals surface area contributed by atoms with Crippen LogP contribution in [0.15, 0.2) is 35.0 Å². The number of hydrogen-bond donors (Lipinski definition) is 2. The Kier molecular flexibility index (Phi) is 3.98. The molecule has 0 saturated carbocycles. The van der Waals surface area contributed by atoms with Crippen molar-refractivity contribution in [1.82, 2.24) is 9.97 Å². The number of ether oxygens (including phenoxy) is 1. The molecule has 0 saturated heterocycles. The highest BCUT2D eigenvalue weighted by molar-refractivity contribution is 6.05. The first-order valence-electron chi connectivity index (χ1n) is 6.82. The number of rotatable bonds is 6. The van der Waals surface area contributed by atoms with Gasteiger partial charge >= 0.3 is 0 Å². The van der Waals surface area contributed by atoms with Gasteiger partial charge in [-0.15, -0.1) is 0 Å². The normalized spacial score (nSPS) is 12.9. The fourth-order valence-corrected chi connectivity index (χ4v) is 2.28. The number of nitrogens with zero attached hydrogens (tertiary/aromatic N) is 2. The predicted molar refractivity (Wildman–Crippen MR) is 80.3 cm³/mol. The van der Waals surface area contributed by atoms with Crippen molar-refractivity contribution in [2.45, 2.75) is 12.5 Å². The highest BCUT2D eigenvalue weighted by Gasteiger charge is 2.12. The van der Waals surface area contributed by atoms with Crippen LogP contribution < -0.4 is 5.32 Å². The van der Waals surface area contributed by atoms with Crippen LogP contribution in [0.4, 0.5) is 5.82 Å². The Morgan fingerprint density at radius 3 is 3.05 bits per heavy atom. The molecule has 2 heterocycles. The van der Waals surface area contributed by atoms with Gasteiger partial charge in [-0.05, 0) is 18.6 Å². The van der Waals surface area contributed by atoms with E-state index in [1.165, 1.54) is 6.33 Å². The molecule has 3 aromatic rings. The molecule has 0 aliphatic heterocycles. The van der Waals surface area contributed by atoms with Crippen LogP contribution in [0.2, 0.25) is 0 Å². The van der Waals surface area contributed by atoms with Crippen molar-refractivity contribution in [3.8, 4) is 0 Å². The molecule has 3 rings (SSSR count). The lowest BCUT2D eigenvalue weighted by Gasteiger charge is -2.10. The van der Waals surface area contributed by atoms with E-state index >= 15 is 0 Å². The zero-order chi connectivity index (χ0) is 14.7. The summed E-state index contributed by atoms with van der Waals surface area (Å²) in [5.41, 5.74) is 2.22. The van der Waals surface area contributed by atoms with Crippen molar-refractivity contribution < 1.29 is 14.3 Å². The summed E-state index contributed by atoms with van der Waals surface area (Å²) in [5, 5.41) is 13.8. The Bertz CT molecular complexity index is 741. The third-order valence-corrected chi connectivity index (χ3v) is 3.29. The molecule has 1 atom stereocenters. The zero-order valence-corrected chi connectivity index (χ0v) is 11.7. The molecule has 2 N–H and O–H groups in total. The summed E-state index contributed by atoms with van der Waals surface area (Å²) >= 11 is 0. The predicted octanol–water partition coefficient (Wildman–Crippen LogP) is 2.19. The lowest BCUT2D eigenvalue weighted by Crippen LogP contribution is -2.18. The minimum absolute atomic E-state index is 0.325. The number of aromatic nitrogens is 2. The van der Waals surface area contributed by atoms with Crippen LogP contribution in [0.25, 0.3) is 22.1 Å². The molecule has 0 fully saturated rings. The average Bonchev–Trinajstić information content (AvgIpc) is 2.87. The maximum atomic E-state index is 9.63. The van der Waals surface area contributed by atoms with Crippen LogP contribution >= 0.6 is 0 Å². The van der Waals surface area contributed by atoms with E-state index in [4.69, 9.17) is 9.15 Å². The Labute approximate surface area is 121 Å². The monoisotopic (exact) mass is 287 g/mol. The first-order valence-corrected chi connectivity index (χ1v) is 6.82. The van der Waals surface area contributed by atoms with Gasteiger partial charge in [-0.25, -0.2) is 9.97 Å². The molecule has 0 amide bonds. The van der Waals surface area contributed by atoms with Crippen molar-refractivity contribution in [3.05, 3.63) is 30.6 Å². The number of hydrogen-bond acceptors (Lipinski definition) is 6. The average molecular weight is 287 g/mol. The van der Waals surface area contributed by atoms with Crippen LogP contribution in [0.1, 0.15) is 6.42 Å². The second-order valence-corrected chi connectivity index (χ2v) is 4.82. The molecule has 21 heavy (non-hydrogen) atoms. The molecule has 0 aliphatic rings. The summed E-state index contributed by atoms with van der Waals surface area (Å²) in [7, 11) is 1.57. The smallest absolute Gasteiger partial charge is 0.196 e. The van der Waals surface area contributed by atoms with Crippen LogP contribution in [0, 0.1) is 0 Å². The molecular formula is C15H17N3O3. The number of benzene rings is 1. The fourth-order valence-electron chi connectivity index (χ4n) is 2.28. The Hall–Kier alpha value is -2.18. The SMILES string of the molecule is COCC(O)CCNc1ncnc2c1oc1ccccc12. The molecule has 6 heteroatoms. The summed E-state index contributed by atoms with van der Waals surface area (Å²) in [6.45, 7) is 0.902. The van der Waals surface area contributed by atoms with Gasteiger partial charge in [-0.1, -0.05) is 12.1 Å². The molecule has 1 aromatic carbocycles. The minimum Gasteiger partial charge on any atom is -0.450 e. The Morgan fingerprint density at radius 1 is 1.33 bits per heavy atom. The Balaban J connectivity index is 1.82. The molecular weight excluding hydrogens is 270 g/mol. The van der Waals surface area contributed by atoms with E-state index < -0.39 is 6.10 Å². The summed E-state index contributed by atoms with van der Waals surface area (Å²) < 4.78 is 10.7. The molecule has 2 aromatic heterocycles. The summed E-state index contributed by atoms with van der Waals surface area (Å²) in [4.78, 5) is 8.50. The van der Waals surface area contributed by atoms with Gasteiger partial charge in [0, 0.05) is 19.0 Å². The van der Waals surface area contributed by atoms with E-state index in [0.29, 0.717) is 31.0 Å². The van der Waals surface area contributed by atoms with Crippen LogP contribution in [-0.4, -0.2) is 41.4 Å².